The van der Waals surface area contributed by atoms with Gasteiger partial charge in [0.15, 0.2) is 0 Å². The third-order valence-corrected chi connectivity index (χ3v) is 3.59. The molecule has 2 aromatic rings. The van der Waals surface area contributed by atoms with E-state index in [-0.39, 0.29) is 0 Å². The van der Waals surface area contributed by atoms with Gasteiger partial charge in [-0.1, -0.05) is 18.2 Å². The van der Waals surface area contributed by atoms with Crippen LogP contribution >= 0.6 is 0 Å². The molecule has 1 N–H and O–H groups in total. The Morgan fingerprint density at radius 2 is 2.00 bits per heavy atom. The van der Waals surface area contributed by atoms with Crippen LogP contribution in [0.1, 0.15) is 5.56 Å². The zero-order chi connectivity index (χ0) is 15.2. The molecule has 0 aliphatic carbocycles. The quantitative estimate of drug-likeness (QED) is 0.902. The number of ether oxygens (including phenoxy) is 2. The number of para-hydroxylation sites is 1. The van der Waals surface area contributed by atoms with Crippen molar-refractivity contribution >= 4 is 5.95 Å². The maximum Gasteiger partial charge on any atom is 0.228 e. The zero-order valence-corrected chi connectivity index (χ0v) is 12.7. The van der Waals surface area contributed by atoms with E-state index in [0.717, 1.165) is 43.4 Å². The predicted octanol–water partition coefficient (Wildman–Crippen LogP) is 1.47. The normalized spacial score (nSPS) is 14.7. The third-order valence-electron chi connectivity index (χ3n) is 3.59. The Hall–Kier alpha value is -2.34. The van der Waals surface area contributed by atoms with Crippen molar-refractivity contribution in [3.05, 3.63) is 42.1 Å². The van der Waals surface area contributed by atoms with Crippen molar-refractivity contribution in [2.75, 3.05) is 38.2 Å². The number of benzene rings is 1. The Bertz CT molecular complexity index is 615. The lowest BCUT2D eigenvalue weighted by molar-refractivity contribution is 0.285. The van der Waals surface area contributed by atoms with E-state index >= 15 is 0 Å². The molecule has 6 nitrogen and oxygen atoms in total. The molecule has 2 heterocycles. The molecule has 1 aromatic heterocycles. The van der Waals surface area contributed by atoms with E-state index in [1.54, 1.807) is 19.4 Å². The summed E-state index contributed by atoms with van der Waals surface area (Å²) < 4.78 is 11.1. The van der Waals surface area contributed by atoms with E-state index in [1.807, 2.05) is 24.3 Å². The Labute approximate surface area is 130 Å². The van der Waals surface area contributed by atoms with Crippen LogP contribution in [0.15, 0.2) is 36.5 Å². The average molecular weight is 300 g/mol. The van der Waals surface area contributed by atoms with E-state index in [2.05, 4.69) is 20.2 Å². The number of nitrogens with one attached hydrogen (secondary N) is 1. The Kier molecular flexibility index (Phi) is 4.70. The van der Waals surface area contributed by atoms with Crippen LogP contribution in [-0.2, 0) is 6.61 Å². The van der Waals surface area contributed by atoms with Crippen molar-refractivity contribution in [2.45, 2.75) is 6.61 Å². The maximum absolute atomic E-state index is 5.79. The number of aromatic nitrogens is 2. The van der Waals surface area contributed by atoms with Crippen LogP contribution in [0.3, 0.4) is 0 Å². The molecule has 0 unspecified atom stereocenters. The molecule has 22 heavy (non-hydrogen) atoms. The summed E-state index contributed by atoms with van der Waals surface area (Å²) in [5.74, 6) is 2.12. The summed E-state index contributed by atoms with van der Waals surface area (Å²) in [6.45, 7) is 4.15. The lowest BCUT2D eigenvalue weighted by Gasteiger charge is -2.27. The van der Waals surface area contributed by atoms with Gasteiger partial charge in [-0.2, -0.15) is 4.98 Å². The van der Waals surface area contributed by atoms with Gasteiger partial charge in [0.05, 0.1) is 7.11 Å². The Morgan fingerprint density at radius 1 is 1.18 bits per heavy atom. The molecular weight excluding hydrogens is 280 g/mol. The first-order chi connectivity index (χ1) is 10.9. The van der Waals surface area contributed by atoms with Gasteiger partial charge in [-0.15, -0.1) is 0 Å². The summed E-state index contributed by atoms with van der Waals surface area (Å²) >= 11 is 0. The van der Waals surface area contributed by atoms with Crippen molar-refractivity contribution in [1.29, 1.82) is 0 Å². The highest BCUT2D eigenvalue weighted by molar-refractivity contribution is 5.34. The second-order valence-corrected chi connectivity index (χ2v) is 5.03. The van der Waals surface area contributed by atoms with Crippen LogP contribution in [0.5, 0.6) is 11.6 Å². The predicted molar refractivity (Wildman–Crippen MR) is 84.4 cm³/mol. The molecule has 3 rings (SSSR count). The lowest BCUT2D eigenvalue weighted by atomic mass is 10.2. The Balaban J connectivity index is 1.67. The molecule has 0 saturated carbocycles. The van der Waals surface area contributed by atoms with Crippen molar-refractivity contribution in [2.24, 2.45) is 0 Å². The molecule has 116 valence electrons. The maximum atomic E-state index is 5.79. The first kappa shape index (κ1) is 14.6. The summed E-state index contributed by atoms with van der Waals surface area (Å²) in [5.41, 5.74) is 0.993. The van der Waals surface area contributed by atoms with Crippen LogP contribution in [0.25, 0.3) is 0 Å². The largest absolute Gasteiger partial charge is 0.496 e. The number of hydrogen-bond acceptors (Lipinski definition) is 6. The number of rotatable bonds is 5. The molecule has 6 heteroatoms. The van der Waals surface area contributed by atoms with Crippen molar-refractivity contribution in [1.82, 2.24) is 15.3 Å². The standard InChI is InChI=1S/C16H20N4O2/c1-21-14-5-3-2-4-13(14)12-22-15-6-7-18-16(19-15)20-10-8-17-9-11-20/h2-7,17H,8-12H2,1H3. The highest BCUT2D eigenvalue weighted by Crippen LogP contribution is 2.20. The smallest absolute Gasteiger partial charge is 0.228 e. The fourth-order valence-electron chi connectivity index (χ4n) is 2.40. The highest BCUT2D eigenvalue weighted by atomic mass is 16.5. The van der Waals surface area contributed by atoms with Gasteiger partial charge in [0, 0.05) is 44.0 Å². The van der Waals surface area contributed by atoms with Gasteiger partial charge in [0.1, 0.15) is 12.4 Å². The molecule has 1 saturated heterocycles. The molecule has 0 bridgehead atoms. The SMILES string of the molecule is COc1ccccc1COc1ccnc(N2CCNCC2)n1. The first-order valence-corrected chi connectivity index (χ1v) is 7.40. The molecule has 0 spiro atoms. The molecular formula is C16H20N4O2. The van der Waals surface area contributed by atoms with E-state index in [4.69, 9.17) is 9.47 Å². The minimum Gasteiger partial charge on any atom is -0.496 e. The van der Waals surface area contributed by atoms with Crippen LogP contribution in [0.4, 0.5) is 5.95 Å². The molecule has 0 radical (unpaired) electrons. The fraction of sp³-hybridized carbons (Fsp3) is 0.375. The van der Waals surface area contributed by atoms with Gasteiger partial charge in [0.25, 0.3) is 0 Å². The fourth-order valence-corrected chi connectivity index (χ4v) is 2.40. The number of nitrogens with zero attached hydrogens (tertiary/aromatic N) is 3. The number of piperazine rings is 1. The Morgan fingerprint density at radius 3 is 2.82 bits per heavy atom. The molecule has 0 amide bonds. The number of hydrogen-bond donors (Lipinski definition) is 1. The summed E-state index contributed by atoms with van der Waals surface area (Å²) in [6, 6.07) is 9.59. The zero-order valence-electron chi connectivity index (χ0n) is 12.7. The molecule has 1 fully saturated rings. The van der Waals surface area contributed by atoms with E-state index in [1.165, 1.54) is 0 Å². The average Bonchev–Trinajstić information content (AvgIpc) is 2.61. The van der Waals surface area contributed by atoms with Crippen LogP contribution in [0.2, 0.25) is 0 Å². The highest BCUT2D eigenvalue weighted by Gasteiger charge is 2.13. The van der Waals surface area contributed by atoms with Crippen LogP contribution < -0.4 is 19.7 Å². The summed E-state index contributed by atoms with van der Waals surface area (Å²) in [5, 5.41) is 3.32. The van der Waals surface area contributed by atoms with E-state index in [9.17, 15) is 0 Å². The van der Waals surface area contributed by atoms with Crippen molar-refractivity contribution in [3.63, 3.8) is 0 Å². The topological polar surface area (TPSA) is 59.5 Å². The van der Waals surface area contributed by atoms with Crippen molar-refractivity contribution in [3.8, 4) is 11.6 Å². The third kappa shape index (κ3) is 3.46. The van der Waals surface area contributed by atoms with Crippen LogP contribution in [0, 0.1) is 0 Å². The second-order valence-electron chi connectivity index (χ2n) is 5.03. The van der Waals surface area contributed by atoms with Crippen molar-refractivity contribution < 1.29 is 9.47 Å². The minimum atomic E-state index is 0.419. The summed E-state index contributed by atoms with van der Waals surface area (Å²) in [7, 11) is 1.66. The van der Waals surface area contributed by atoms with Gasteiger partial charge in [0.2, 0.25) is 11.8 Å². The summed E-state index contributed by atoms with van der Waals surface area (Å²) in [6.07, 6.45) is 1.74. The van der Waals surface area contributed by atoms with Gasteiger partial charge < -0.3 is 19.7 Å². The van der Waals surface area contributed by atoms with Gasteiger partial charge in [-0.3, -0.25) is 0 Å². The second kappa shape index (κ2) is 7.09. The molecule has 1 aliphatic rings. The summed E-state index contributed by atoms with van der Waals surface area (Å²) in [4.78, 5) is 11.0. The van der Waals surface area contributed by atoms with Crippen LogP contribution in [-0.4, -0.2) is 43.3 Å². The number of anilines is 1. The lowest BCUT2D eigenvalue weighted by Crippen LogP contribution is -2.44. The monoisotopic (exact) mass is 300 g/mol. The molecule has 0 atom stereocenters. The van der Waals surface area contributed by atoms with Gasteiger partial charge in [-0.25, -0.2) is 4.98 Å². The van der Waals surface area contributed by atoms with E-state index in [0.29, 0.717) is 12.5 Å². The number of methoxy groups -OCH3 is 1. The minimum absolute atomic E-state index is 0.419. The molecule has 1 aromatic carbocycles. The van der Waals surface area contributed by atoms with Gasteiger partial charge in [-0.05, 0) is 6.07 Å². The molecule has 1 aliphatic heterocycles. The first-order valence-electron chi connectivity index (χ1n) is 7.40. The van der Waals surface area contributed by atoms with E-state index < -0.39 is 0 Å². The van der Waals surface area contributed by atoms with Gasteiger partial charge >= 0.3 is 0 Å².